The molecular formula is C17H17NO4S. The number of methoxy groups -OCH3 is 1. The SMILES string of the molecule is COc1ccc(C(=O)c2ccc(NC(CS)C(=O)O)cc2)cc1. The van der Waals surface area contributed by atoms with Gasteiger partial charge in [-0.25, -0.2) is 4.79 Å². The third kappa shape index (κ3) is 4.26. The van der Waals surface area contributed by atoms with Crippen LogP contribution in [0.2, 0.25) is 0 Å². The van der Waals surface area contributed by atoms with Crippen LogP contribution in [0.1, 0.15) is 15.9 Å². The van der Waals surface area contributed by atoms with E-state index in [4.69, 9.17) is 9.84 Å². The summed E-state index contributed by atoms with van der Waals surface area (Å²) >= 11 is 3.99. The lowest BCUT2D eigenvalue weighted by Gasteiger charge is -2.13. The lowest BCUT2D eigenvalue weighted by molar-refractivity contribution is -0.137. The summed E-state index contributed by atoms with van der Waals surface area (Å²) in [5, 5.41) is 11.8. The monoisotopic (exact) mass is 331 g/mol. The van der Waals surface area contributed by atoms with Crippen LogP contribution in [0, 0.1) is 0 Å². The minimum atomic E-state index is -0.974. The van der Waals surface area contributed by atoms with Crippen molar-refractivity contribution in [3.63, 3.8) is 0 Å². The maximum atomic E-state index is 12.4. The molecule has 0 aliphatic rings. The van der Waals surface area contributed by atoms with Crippen molar-refractivity contribution in [3.8, 4) is 5.75 Å². The fourth-order valence-electron chi connectivity index (χ4n) is 2.01. The van der Waals surface area contributed by atoms with Crippen LogP contribution in [0.3, 0.4) is 0 Å². The predicted octanol–water partition coefficient (Wildman–Crippen LogP) is 2.72. The summed E-state index contributed by atoms with van der Waals surface area (Å²) in [7, 11) is 1.57. The molecule has 0 saturated carbocycles. The molecule has 2 N–H and O–H groups in total. The highest BCUT2D eigenvalue weighted by Gasteiger charge is 2.15. The first-order valence-corrected chi connectivity index (χ1v) is 7.57. The first-order chi connectivity index (χ1) is 11.0. The van der Waals surface area contributed by atoms with Gasteiger partial charge >= 0.3 is 5.97 Å². The molecule has 1 unspecified atom stereocenters. The number of rotatable bonds is 7. The number of aliphatic carboxylic acids is 1. The second-order valence-electron chi connectivity index (χ2n) is 4.85. The number of hydrogen-bond acceptors (Lipinski definition) is 5. The number of carbonyl (C=O) groups is 2. The Morgan fingerprint density at radius 1 is 1.09 bits per heavy atom. The van der Waals surface area contributed by atoms with Crippen LogP contribution in [0.5, 0.6) is 5.75 Å². The van der Waals surface area contributed by atoms with Crippen LogP contribution >= 0.6 is 12.6 Å². The van der Waals surface area contributed by atoms with Gasteiger partial charge in [-0.15, -0.1) is 0 Å². The first kappa shape index (κ1) is 16.9. The average molecular weight is 331 g/mol. The number of hydrogen-bond donors (Lipinski definition) is 3. The minimum absolute atomic E-state index is 0.108. The number of benzene rings is 2. The Kier molecular flexibility index (Phi) is 5.65. The van der Waals surface area contributed by atoms with Crippen molar-refractivity contribution >= 4 is 30.1 Å². The largest absolute Gasteiger partial charge is 0.497 e. The van der Waals surface area contributed by atoms with Crippen molar-refractivity contribution in [2.75, 3.05) is 18.2 Å². The van der Waals surface area contributed by atoms with Gasteiger partial charge < -0.3 is 15.2 Å². The van der Waals surface area contributed by atoms with Gasteiger partial charge in [0, 0.05) is 22.6 Å². The van der Waals surface area contributed by atoms with Crippen molar-refractivity contribution in [2.24, 2.45) is 0 Å². The van der Waals surface area contributed by atoms with Crippen LogP contribution < -0.4 is 10.1 Å². The topological polar surface area (TPSA) is 75.6 Å². The van der Waals surface area contributed by atoms with Crippen molar-refractivity contribution in [2.45, 2.75) is 6.04 Å². The normalized spacial score (nSPS) is 11.6. The van der Waals surface area contributed by atoms with Crippen LogP contribution in [0.4, 0.5) is 5.69 Å². The number of carboxylic acid groups (broad SMARTS) is 1. The van der Waals surface area contributed by atoms with E-state index >= 15 is 0 Å². The average Bonchev–Trinajstić information content (AvgIpc) is 2.59. The van der Waals surface area contributed by atoms with Crippen molar-refractivity contribution in [3.05, 3.63) is 59.7 Å². The van der Waals surface area contributed by atoms with Crippen LogP contribution in [-0.2, 0) is 4.79 Å². The number of ketones is 1. The van der Waals surface area contributed by atoms with Gasteiger partial charge in [0.2, 0.25) is 0 Å². The first-order valence-electron chi connectivity index (χ1n) is 6.94. The molecule has 0 spiro atoms. The van der Waals surface area contributed by atoms with Gasteiger partial charge in [-0.2, -0.15) is 12.6 Å². The summed E-state index contributed by atoms with van der Waals surface area (Å²) in [6, 6.07) is 12.8. The number of nitrogens with one attached hydrogen (secondary N) is 1. The maximum absolute atomic E-state index is 12.4. The maximum Gasteiger partial charge on any atom is 0.326 e. The van der Waals surface area contributed by atoms with Gasteiger partial charge in [0.05, 0.1) is 7.11 Å². The fourth-order valence-corrected chi connectivity index (χ4v) is 2.26. The molecule has 0 heterocycles. The van der Waals surface area contributed by atoms with E-state index in [-0.39, 0.29) is 11.5 Å². The standard InChI is InChI=1S/C17H17NO4S/c1-22-14-8-4-12(5-9-14)16(19)11-2-6-13(7-3-11)18-15(10-23)17(20)21/h2-9,15,18,23H,10H2,1H3,(H,20,21). The van der Waals surface area contributed by atoms with E-state index in [2.05, 4.69) is 17.9 Å². The Hall–Kier alpha value is -2.47. The fraction of sp³-hybridized carbons (Fsp3) is 0.176. The van der Waals surface area contributed by atoms with Gasteiger partial charge in [-0.3, -0.25) is 4.79 Å². The number of carbonyl (C=O) groups excluding carboxylic acids is 1. The van der Waals surface area contributed by atoms with Gasteiger partial charge in [0.15, 0.2) is 5.78 Å². The highest BCUT2D eigenvalue weighted by molar-refractivity contribution is 7.80. The van der Waals surface area contributed by atoms with Crippen LogP contribution in [0.25, 0.3) is 0 Å². The van der Waals surface area contributed by atoms with E-state index in [9.17, 15) is 9.59 Å². The van der Waals surface area contributed by atoms with E-state index in [0.29, 0.717) is 22.6 Å². The Balaban J connectivity index is 2.11. The van der Waals surface area contributed by atoms with E-state index in [1.807, 2.05) is 0 Å². The molecule has 0 bridgehead atoms. The van der Waals surface area contributed by atoms with E-state index < -0.39 is 12.0 Å². The van der Waals surface area contributed by atoms with Gasteiger partial charge in [0.25, 0.3) is 0 Å². The third-order valence-corrected chi connectivity index (χ3v) is 3.69. The summed E-state index contributed by atoms with van der Waals surface area (Å²) in [5.74, 6) is -0.226. The van der Waals surface area contributed by atoms with Crippen molar-refractivity contribution < 1.29 is 19.4 Å². The second kappa shape index (κ2) is 7.69. The molecule has 0 fully saturated rings. The smallest absolute Gasteiger partial charge is 0.326 e. The van der Waals surface area contributed by atoms with Gasteiger partial charge in [-0.1, -0.05) is 0 Å². The van der Waals surface area contributed by atoms with Crippen LogP contribution in [0.15, 0.2) is 48.5 Å². The molecule has 0 radical (unpaired) electrons. The van der Waals surface area contributed by atoms with Crippen molar-refractivity contribution in [1.82, 2.24) is 0 Å². The van der Waals surface area contributed by atoms with E-state index in [1.54, 1.807) is 55.6 Å². The Morgan fingerprint density at radius 3 is 2.04 bits per heavy atom. The summed E-state index contributed by atoms with van der Waals surface area (Å²) in [6.07, 6.45) is 0. The summed E-state index contributed by atoms with van der Waals surface area (Å²) < 4.78 is 5.06. The molecule has 2 aromatic carbocycles. The molecule has 0 aromatic heterocycles. The molecule has 0 aliphatic carbocycles. The molecule has 120 valence electrons. The zero-order valence-corrected chi connectivity index (χ0v) is 13.4. The number of thiol groups is 1. The molecule has 0 aliphatic heterocycles. The zero-order chi connectivity index (χ0) is 16.8. The van der Waals surface area contributed by atoms with Crippen molar-refractivity contribution in [1.29, 1.82) is 0 Å². The summed E-state index contributed by atoms with van der Waals surface area (Å²) in [6.45, 7) is 0. The summed E-state index contributed by atoms with van der Waals surface area (Å²) in [5.41, 5.74) is 1.71. The highest BCUT2D eigenvalue weighted by atomic mass is 32.1. The van der Waals surface area contributed by atoms with E-state index in [0.717, 1.165) is 0 Å². The van der Waals surface area contributed by atoms with Crippen LogP contribution in [-0.4, -0.2) is 35.8 Å². The molecule has 1 atom stereocenters. The zero-order valence-electron chi connectivity index (χ0n) is 12.5. The van der Waals surface area contributed by atoms with Gasteiger partial charge in [0.1, 0.15) is 11.8 Å². The molecule has 2 rings (SSSR count). The number of anilines is 1. The second-order valence-corrected chi connectivity index (χ2v) is 5.22. The van der Waals surface area contributed by atoms with E-state index in [1.165, 1.54) is 0 Å². The van der Waals surface area contributed by atoms with Gasteiger partial charge in [-0.05, 0) is 48.5 Å². The third-order valence-electron chi connectivity index (χ3n) is 3.32. The lowest BCUT2D eigenvalue weighted by Crippen LogP contribution is -2.30. The molecule has 2 aromatic rings. The molecule has 5 nitrogen and oxygen atoms in total. The molecule has 0 amide bonds. The predicted molar refractivity (Wildman–Crippen MR) is 91.8 cm³/mol. The Bertz CT molecular complexity index is 683. The summed E-state index contributed by atoms with van der Waals surface area (Å²) in [4.78, 5) is 23.3. The molecular weight excluding hydrogens is 314 g/mol. The minimum Gasteiger partial charge on any atom is -0.497 e. The Morgan fingerprint density at radius 2 is 1.61 bits per heavy atom. The number of carboxylic acids is 1. The Labute approximate surface area is 139 Å². The molecule has 23 heavy (non-hydrogen) atoms. The quantitative estimate of drug-likeness (QED) is 0.537. The molecule has 6 heteroatoms. The number of ether oxygens (including phenoxy) is 1. The highest BCUT2D eigenvalue weighted by Crippen LogP contribution is 2.17. The molecule has 0 saturated heterocycles. The lowest BCUT2D eigenvalue weighted by atomic mass is 10.0.